The zero-order chi connectivity index (χ0) is 9.10. The maximum absolute atomic E-state index is 4.97. The summed E-state index contributed by atoms with van der Waals surface area (Å²) in [7, 11) is 0. The van der Waals surface area contributed by atoms with Crippen molar-refractivity contribution in [2.24, 2.45) is 0 Å². The fourth-order valence-corrected chi connectivity index (χ4v) is 1.27. The van der Waals surface area contributed by atoms with Gasteiger partial charge in [0.05, 0.1) is 5.69 Å². The smallest absolute Gasteiger partial charge is 0.189 e. The lowest BCUT2D eigenvalue weighted by atomic mass is 10.3. The Hall–Kier alpha value is -1.55. The minimum absolute atomic E-state index is 0.603. The number of hydrogen-bond acceptors (Lipinski definition) is 2. The van der Waals surface area contributed by atoms with Crippen LogP contribution in [-0.2, 0) is 0 Å². The predicted molar refractivity (Wildman–Crippen MR) is 56.9 cm³/mol. The van der Waals surface area contributed by atoms with E-state index in [1.54, 1.807) is 6.20 Å². The molecule has 0 spiro atoms. The summed E-state index contributed by atoms with van der Waals surface area (Å²) in [4.78, 5) is 0. The number of rotatable bonds is 1. The highest BCUT2D eigenvalue weighted by molar-refractivity contribution is 7.80. The van der Waals surface area contributed by atoms with Gasteiger partial charge < -0.3 is 5.32 Å². The van der Waals surface area contributed by atoms with E-state index in [-0.39, 0.29) is 0 Å². The first-order valence-electron chi connectivity index (χ1n) is 3.94. The van der Waals surface area contributed by atoms with Crippen LogP contribution in [0.4, 0.5) is 5.69 Å². The predicted octanol–water partition coefficient (Wildman–Crippen LogP) is 1.36. The summed E-state index contributed by atoms with van der Waals surface area (Å²) in [5, 5.41) is 5.34. The van der Waals surface area contributed by atoms with Gasteiger partial charge in [0.25, 0.3) is 0 Å². The molecule has 1 heterocycles. The van der Waals surface area contributed by atoms with E-state index in [0.717, 1.165) is 5.69 Å². The summed E-state index contributed by atoms with van der Waals surface area (Å²) in [5.41, 5.74) is 4.06. The molecular weight excluding hydrogens is 182 g/mol. The minimum atomic E-state index is 0.603. The van der Waals surface area contributed by atoms with Crippen LogP contribution in [0, 0.1) is 0 Å². The Morgan fingerprint density at radius 2 is 1.92 bits per heavy atom. The number of nitrogens with one attached hydrogen (secondary N) is 2. The van der Waals surface area contributed by atoms with Crippen LogP contribution in [0.1, 0.15) is 0 Å². The topological polar surface area (TPSA) is 27.3 Å². The average Bonchev–Trinajstić information content (AvgIpc) is 2.19. The zero-order valence-corrected chi connectivity index (χ0v) is 7.71. The van der Waals surface area contributed by atoms with Gasteiger partial charge in [-0.15, -0.1) is 0 Å². The minimum Gasteiger partial charge on any atom is -0.336 e. The molecule has 2 N–H and O–H groups in total. The number of hydrazine groups is 1. The molecule has 1 aromatic rings. The Labute approximate surface area is 82.0 Å². The molecule has 0 unspecified atom stereocenters. The first-order valence-corrected chi connectivity index (χ1v) is 4.35. The SMILES string of the molecule is S=C1NC=CN(c2ccccc2)N1. The van der Waals surface area contributed by atoms with Crippen molar-refractivity contribution < 1.29 is 0 Å². The number of hydrogen-bond donors (Lipinski definition) is 2. The molecule has 0 radical (unpaired) electrons. The van der Waals surface area contributed by atoms with E-state index in [0.29, 0.717) is 5.11 Å². The van der Waals surface area contributed by atoms with Crippen LogP contribution in [0.25, 0.3) is 0 Å². The molecule has 0 aliphatic carbocycles. The molecule has 4 heteroatoms. The summed E-state index contributed by atoms with van der Waals surface area (Å²) in [6, 6.07) is 9.95. The second-order valence-electron chi connectivity index (χ2n) is 2.61. The van der Waals surface area contributed by atoms with Crippen LogP contribution in [0.3, 0.4) is 0 Å². The number of thiocarbonyl (C=S) groups is 1. The van der Waals surface area contributed by atoms with E-state index in [2.05, 4.69) is 10.7 Å². The Morgan fingerprint density at radius 1 is 1.15 bits per heavy atom. The zero-order valence-electron chi connectivity index (χ0n) is 6.90. The van der Waals surface area contributed by atoms with Crippen LogP contribution in [0.5, 0.6) is 0 Å². The molecule has 2 rings (SSSR count). The van der Waals surface area contributed by atoms with E-state index < -0.39 is 0 Å². The van der Waals surface area contributed by atoms with Crippen LogP contribution in [-0.4, -0.2) is 5.11 Å². The van der Waals surface area contributed by atoms with E-state index >= 15 is 0 Å². The number of para-hydroxylation sites is 1. The third-order valence-electron chi connectivity index (χ3n) is 1.69. The highest BCUT2D eigenvalue weighted by Gasteiger charge is 2.06. The second-order valence-corrected chi connectivity index (χ2v) is 3.01. The summed E-state index contributed by atoms with van der Waals surface area (Å²) < 4.78 is 0. The van der Waals surface area contributed by atoms with Gasteiger partial charge >= 0.3 is 0 Å². The molecule has 0 amide bonds. The molecule has 0 bridgehead atoms. The van der Waals surface area contributed by atoms with Gasteiger partial charge in [0, 0.05) is 12.4 Å². The number of nitrogens with zero attached hydrogens (tertiary/aromatic N) is 1. The van der Waals surface area contributed by atoms with Crippen LogP contribution < -0.4 is 15.8 Å². The maximum Gasteiger partial charge on any atom is 0.189 e. The van der Waals surface area contributed by atoms with Gasteiger partial charge in [-0.1, -0.05) is 18.2 Å². The average molecular weight is 191 g/mol. The monoisotopic (exact) mass is 191 g/mol. The standard InChI is InChI=1S/C9H9N3S/c13-9-10-6-7-12(11-9)8-4-2-1-3-5-8/h1-7H,(H2,10,11,13). The van der Waals surface area contributed by atoms with Crippen molar-refractivity contribution in [2.75, 3.05) is 5.01 Å². The lowest BCUT2D eigenvalue weighted by Crippen LogP contribution is -2.46. The van der Waals surface area contributed by atoms with Crippen molar-refractivity contribution in [3.05, 3.63) is 42.7 Å². The van der Waals surface area contributed by atoms with Crippen LogP contribution in [0.2, 0.25) is 0 Å². The molecule has 0 fully saturated rings. The molecule has 3 nitrogen and oxygen atoms in total. The fraction of sp³-hybridized carbons (Fsp3) is 0. The summed E-state index contributed by atoms with van der Waals surface area (Å²) in [6.45, 7) is 0. The first kappa shape index (κ1) is 8.07. The van der Waals surface area contributed by atoms with Crippen molar-refractivity contribution in [3.8, 4) is 0 Å². The Morgan fingerprint density at radius 3 is 2.62 bits per heavy atom. The van der Waals surface area contributed by atoms with Crippen molar-refractivity contribution in [1.29, 1.82) is 0 Å². The summed E-state index contributed by atoms with van der Waals surface area (Å²) >= 11 is 4.97. The number of benzene rings is 1. The van der Waals surface area contributed by atoms with Gasteiger partial charge in [0.2, 0.25) is 0 Å². The number of anilines is 1. The lowest BCUT2D eigenvalue weighted by molar-refractivity contribution is 0.874. The van der Waals surface area contributed by atoms with Crippen LogP contribution >= 0.6 is 12.2 Å². The summed E-state index contributed by atoms with van der Waals surface area (Å²) in [5.74, 6) is 0. The van der Waals surface area contributed by atoms with Gasteiger partial charge in [-0.05, 0) is 24.4 Å². The normalized spacial score (nSPS) is 15.1. The quantitative estimate of drug-likeness (QED) is 0.655. The molecule has 1 aliphatic heterocycles. The fourth-order valence-electron chi connectivity index (χ4n) is 1.11. The highest BCUT2D eigenvalue weighted by Crippen LogP contribution is 2.11. The van der Waals surface area contributed by atoms with Crippen molar-refractivity contribution in [2.45, 2.75) is 0 Å². The largest absolute Gasteiger partial charge is 0.336 e. The van der Waals surface area contributed by atoms with Crippen molar-refractivity contribution in [1.82, 2.24) is 10.7 Å². The molecule has 13 heavy (non-hydrogen) atoms. The second kappa shape index (κ2) is 3.45. The molecule has 66 valence electrons. The van der Waals surface area contributed by atoms with E-state index in [1.165, 1.54) is 0 Å². The van der Waals surface area contributed by atoms with Crippen molar-refractivity contribution >= 4 is 23.0 Å². The molecule has 0 aromatic heterocycles. The van der Waals surface area contributed by atoms with Gasteiger partial charge in [0.15, 0.2) is 5.11 Å². The lowest BCUT2D eigenvalue weighted by Gasteiger charge is -2.25. The molecule has 0 saturated carbocycles. The molecule has 0 saturated heterocycles. The van der Waals surface area contributed by atoms with E-state index in [4.69, 9.17) is 12.2 Å². The third kappa shape index (κ3) is 1.78. The Balaban J connectivity index is 2.22. The molecule has 0 atom stereocenters. The van der Waals surface area contributed by atoms with Gasteiger partial charge in [-0.2, -0.15) is 0 Å². The van der Waals surface area contributed by atoms with E-state index in [1.807, 2.05) is 41.5 Å². The molecular formula is C9H9N3S. The van der Waals surface area contributed by atoms with Crippen LogP contribution in [0.15, 0.2) is 42.7 Å². The van der Waals surface area contributed by atoms with Gasteiger partial charge in [-0.25, -0.2) is 0 Å². The van der Waals surface area contributed by atoms with Crippen molar-refractivity contribution in [3.63, 3.8) is 0 Å². The molecule has 1 aromatic carbocycles. The summed E-state index contributed by atoms with van der Waals surface area (Å²) in [6.07, 6.45) is 3.68. The highest BCUT2D eigenvalue weighted by atomic mass is 32.1. The third-order valence-corrected chi connectivity index (χ3v) is 1.90. The Bertz CT molecular complexity index is 334. The van der Waals surface area contributed by atoms with Gasteiger partial charge in [0.1, 0.15) is 0 Å². The van der Waals surface area contributed by atoms with Gasteiger partial charge in [-0.3, -0.25) is 10.4 Å². The Kier molecular flexibility index (Phi) is 2.14. The molecule has 1 aliphatic rings. The first-order chi connectivity index (χ1) is 6.36. The maximum atomic E-state index is 4.97. The van der Waals surface area contributed by atoms with E-state index in [9.17, 15) is 0 Å².